The number of rotatable bonds is 16. The van der Waals surface area contributed by atoms with Crippen LogP contribution in [0.1, 0.15) is 54.4 Å². The maximum atomic E-state index is 11.7. The van der Waals surface area contributed by atoms with Gasteiger partial charge in [-0.15, -0.1) is 0 Å². The van der Waals surface area contributed by atoms with E-state index in [0.717, 1.165) is 19.4 Å². The summed E-state index contributed by atoms with van der Waals surface area (Å²) in [7, 11) is 0. The van der Waals surface area contributed by atoms with Gasteiger partial charge in [0.05, 0.1) is 45.7 Å². The Morgan fingerprint density at radius 2 is 1.50 bits per heavy atom. The summed E-state index contributed by atoms with van der Waals surface area (Å²) in [5.74, 6) is -0.0827. The number of carbonyl (C=O) groups is 2. The average molecular weight is 462 g/mol. The summed E-state index contributed by atoms with van der Waals surface area (Å²) in [5, 5.41) is 2.82. The molecule has 0 aromatic heterocycles. The summed E-state index contributed by atoms with van der Waals surface area (Å²) >= 11 is 0. The van der Waals surface area contributed by atoms with Gasteiger partial charge in [-0.1, -0.05) is 27.7 Å². The Hall–Kier alpha value is -1.26. The third-order valence-electron chi connectivity index (χ3n) is 5.23. The van der Waals surface area contributed by atoms with Crippen molar-refractivity contribution in [1.82, 2.24) is 5.32 Å². The summed E-state index contributed by atoms with van der Waals surface area (Å²) < 4.78 is 34.0. The van der Waals surface area contributed by atoms with Crippen LogP contribution in [0.3, 0.4) is 0 Å². The molecular formula is C23H43NO8. The zero-order valence-electron chi connectivity index (χ0n) is 20.6. The lowest BCUT2D eigenvalue weighted by Crippen LogP contribution is -2.62. The number of ether oxygens (including phenoxy) is 6. The highest BCUT2D eigenvalue weighted by atomic mass is 16.7. The lowest BCUT2D eigenvalue weighted by molar-refractivity contribution is -0.255. The molecule has 0 radical (unpaired) electrons. The van der Waals surface area contributed by atoms with Gasteiger partial charge in [-0.3, -0.25) is 9.59 Å². The molecule has 1 fully saturated rings. The minimum Gasteiger partial charge on any atom is -0.460 e. The Labute approximate surface area is 192 Å². The highest BCUT2D eigenvalue weighted by Gasteiger charge is 2.46. The molecule has 188 valence electrons. The van der Waals surface area contributed by atoms with Crippen LogP contribution in [-0.2, 0) is 38.0 Å². The van der Waals surface area contributed by atoms with Gasteiger partial charge in [-0.05, 0) is 18.8 Å². The Kier molecular flexibility index (Phi) is 14.7. The molecule has 1 N–H and O–H groups in total. The van der Waals surface area contributed by atoms with Crippen LogP contribution < -0.4 is 5.32 Å². The van der Waals surface area contributed by atoms with Crippen molar-refractivity contribution in [1.29, 1.82) is 0 Å². The molecule has 0 saturated carbocycles. The zero-order valence-corrected chi connectivity index (χ0v) is 20.6. The van der Waals surface area contributed by atoms with Gasteiger partial charge >= 0.3 is 5.97 Å². The molecule has 9 heteroatoms. The van der Waals surface area contributed by atoms with Gasteiger partial charge in [0, 0.05) is 26.4 Å². The summed E-state index contributed by atoms with van der Waals surface area (Å²) in [5.41, 5.74) is 0. The molecule has 0 spiro atoms. The van der Waals surface area contributed by atoms with E-state index in [4.69, 9.17) is 28.4 Å². The third-order valence-corrected chi connectivity index (χ3v) is 5.23. The van der Waals surface area contributed by atoms with Gasteiger partial charge in [0.2, 0.25) is 5.91 Å². The first-order chi connectivity index (χ1) is 15.3. The number of amides is 1. The minimum atomic E-state index is -0.729. The van der Waals surface area contributed by atoms with Crippen LogP contribution in [0.4, 0.5) is 0 Å². The number of hydrogen-bond acceptors (Lipinski definition) is 8. The molecule has 0 aromatic rings. The number of nitrogens with one attached hydrogen (secondary N) is 1. The maximum absolute atomic E-state index is 11.7. The van der Waals surface area contributed by atoms with E-state index >= 15 is 0 Å². The Bertz CT molecular complexity index is 530. The fourth-order valence-electron chi connectivity index (χ4n) is 3.53. The summed E-state index contributed by atoms with van der Waals surface area (Å²) in [4.78, 5) is 23.3. The van der Waals surface area contributed by atoms with E-state index < -0.39 is 24.4 Å². The van der Waals surface area contributed by atoms with E-state index in [9.17, 15) is 9.59 Å². The van der Waals surface area contributed by atoms with Crippen LogP contribution in [0, 0.1) is 11.8 Å². The molecule has 5 atom stereocenters. The molecule has 1 aliphatic heterocycles. The van der Waals surface area contributed by atoms with E-state index in [1.807, 2.05) is 13.8 Å². The molecule has 32 heavy (non-hydrogen) atoms. The van der Waals surface area contributed by atoms with E-state index in [2.05, 4.69) is 19.2 Å². The highest BCUT2D eigenvalue weighted by Crippen LogP contribution is 2.30. The molecular weight excluding hydrogens is 418 g/mol. The number of esters is 1. The van der Waals surface area contributed by atoms with Gasteiger partial charge < -0.3 is 33.7 Å². The molecule has 1 amide bonds. The number of carbonyl (C=O) groups excluding carboxylic acids is 2. The normalized spacial score (nSPS) is 25.7. The molecule has 1 aliphatic rings. The van der Waals surface area contributed by atoms with Crippen molar-refractivity contribution in [3.05, 3.63) is 0 Å². The van der Waals surface area contributed by atoms with Gasteiger partial charge in [0.1, 0.15) is 12.1 Å². The fraction of sp³-hybridized carbons (Fsp3) is 0.913. The monoisotopic (exact) mass is 461 g/mol. The summed E-state index contributed by atoms with van der Waals surface area (Å²) in [6, 6.07) is -0.590. The fourth-order valence-corrected chi connectivity index (χ4v) is 3.53. The Morgan fingerprint density at radius 1 is 0.938 bits per heavy atom. The predicted octanol–water partition coefficient (Wildman–Crippen LogP) is 2.31. The first kappa shape index (κ1) is 28.8. The Balaban J connectivity index is 2.34. The van der Waals surface area contributed by atoms with Crippen molar-refractivity contribution in [2.75, 3.05) is 46.2 Å². The SMILES string of the molecule is CC[C@H]1OC(OCCOCCOCCOCCC(C)C)[C@H](NC(C)=O)[C@@H](OC(C)=O)[C@H]1C. The van der Waals surface area contributed by atoms with E-state index in [1.54, 1.807) is 0 Å². The first-order valence-corrected chi connectivity index (χ1v) is 11.7. The van der Waals surface area contributed by atoms with Gasteiger partial charge in [-0.25, -0.2) is 0 Å². The second kappa shape index (κ2) is 16.4. The molecule has 1 unspecified atom stereocenters. The summed E-state index contributed by atoms with van der Waals surface area (Å²) in [6.07, 6.45) is 0.382. The molecule has 1 rings (SSSR count). The predicted molar refractivity (Wildman–Crippen MR) is 119 cm³/mol. The van der Waals surface area contributed by atoms with Crippen LogP contribution in [-0.4, -0.2) is 82.7 Å². The van der Waals surface area contributed by atoms with Crippen molar-refractivity contribution in [3.63, 3.8) is 0 Å². The van der Waals surface area contributed by atoms with E-state index in [1.165, 1.54) is 13.8 Å². The van der Waals surface area contributed by atoms with Gasteiger partial charge in [0.15, 0.2) is 6.29 Å². The number of hydrogen-bond donors (Lipinski definition) is 1. The maximum Gasteiger partial charge on any atom is 0.302 e. The Morgan fingerprint density at radius 3 is 2.00 bits per heavy atom. The second-order valence-electron chi connectivity index (χ2n) is 8.50. The molecule has 0 aromatic carbocycles. The van der Waals surface area contributed by atoms with Crippen molar-refractivity contribution in [2.24, 2.45) is 11.8 Å². The van der Waals surface area contributed by atoms with Crippen molar-refractivity contribution < 1.29 is 38.0 Å². The highest BCUT2D eigenvalue weighted by molar-refractivity contribution is 5.73. The van der Waals surface area contributed by atoms with Gasteiger partial charge in [0.25, 0.3) is 0 Å². The molecule has 1 saturated heterocycles. The van der Waals surface area contributed by atoms with Crippen LogP contribution in [0.2, 0.25) is 0 Å². The van der Waals surface area contributed by atoms with E-state index in [0.29, 0.717) is 39.0 Å². The third kappa shape index (κ3) is 11.6. The largest absolute Gasteiger partial charge is 0.460 e. The quantitative estimate of drug-likeness (QED) is 0.276. The lowest BCUT2D eigenvalue weighted by Gasteiger charge is -2.44. The first-order valence-electron chi connectivity index (χ1n) is 11.7. The smallest absolute Gasteiger partial charge is 0.302 e. The van der Waals surface area contributed by atoms with Crippen LogP contribution >= 0.6 is 0 Å². The average Bonchev–Trinajstić information content (AvgIpc) is 2.72. The van der Waals surface area contributed by atoms with E-state index in [-0.39, 0.29) is 24.5 Å². The topological polar surface area (TPSA) is 102 Å². The van der Waals surface area contributed by atoms with Crippen LogP contribution in [0.5, 0.6) is 0 Å². The zero-order chi connectivity index (χ0) is 23.9. The van der Waals surface area contributed by atoms with Crippen molar-refractivity contribution in [3.8, 4) is 0 Å². The lowest BCUT2D eigenvalue weighted by atomic mass is 9.87. The minimum absolute atomic E-state index is 0.0802. The standard InChI is InChI=1S/C23H43NO8/c1-7-20-17(4)22(31-19(6)26)21(24-18(5)25)23(32-20)30-15-14-29-13-12-28-11-10-27-9-8-16(2)3/h16-17,20-23H,7-15H2,1-6H3,(H,24,25)/t17-,20+,21+,22-,23?/m0/s1. The second-order valence-corrected chi connectivity index (χ2v) is 8.50. The molecule has 9 nitrogen and oxygen atoms in total. The molecule has 1 heterocycles. The van der Waals surface area contributed by atoms with Crippen LogP contribution in [0.15, 0.2) is 0 Å². The van der Waals surface area contributed by atoms with Crippen molar-refractivity contribution in [2.45, 2.75) is 78.9 Å². The summed E-state index contributed by atoms with van der Waals surface area (Å²) in [6.45, 7) is 14.5. The van der Waals surface area contributed by atoms with Gasteiger partial charge in [-0.2, -0.15) is 0 Å². The van der Waals surface area contributed by atoms with Crippen molar-refractivity contribution >= 4 is 11.9 Å². The molecule has 0 bridgehead atoms. The molecule has 0 aliphatic carbocycles. The van der Waals surface area contributed by atoms with Crippen LogP contribution in [0.25, 0.3) is 0 Å².